The SMILES string of the molecule is CC1CCN(C(=O)C(Cc2ccc3nc[nH]c3c2)N2CCCc3cc(S(N)(=O)=O)ccc32)CC1. The number of carbonyl (C=O) groups excluding carboxylic acids is 1. The highest BCUT2D eigenvalue weighted by atomic mass is 32.2. The van der Waals surface area contributed by atoms with E-state index in [1.54, 1.807) is 18.5 Å². The van der Waals surface area contributed by atoms with E-state index in [2.05, 4.69) is 27.9 Å². The summed E-state index contributed by atoms with van der Waals surface area (Å²) in [6, 6.07) is 10.7. The second-order valence-corrected chi connectivity index (χ2v) is 11.2. The third-order valence-electron chi connectivity index (χ3n) is 7.20. The average Bonchev–Trinajstić information content (AvgIpc) is 3.29. The van der Waals surface area contributed by atoms with Crippen LogP contribution in [0.3, 0.4) is 0 Å². The molecule has 5 rings (SSSR count). The lowest BCUT2D eigenvalue weighted by molar-refractivity contribution is -0.134. The molecule has 0 bridgehead atoms. The minimum atomic E-state index is -3.78. The van der Waals surface area contributed by atoms with Gasteiger partial charge >= 0.3 is 0 Å². The number of aromatic amines is 1. The summed E-state index contributed by atoms with van der Waals surface area (Å²) in [6.07, 6.45) is 5.89. The number of anilines is 1. The van der Waals surface area contributed by atoms with Crippen LogP contribution in [0, 0.1) is 5.92 Å². The lowest BCUT2D eigenvalue weighted by Gasteiger charge is -2.41. The van der Waals surface area contributed by atoms with E-state index in [1.807, 2.05) is 23.1 Å². The van der Waals surface area contributed by atoms with Crippen LogP contribution < -0.4 is 10.0 Å². The number of nitrogens with one attached hydrogen (secondary N) is 1. The van der Waals surface area contributed by atoms with Crippen LogP contribution in [0.25, 0.3) is 11.0 Å². The van der Waals surface area contributed by atoms with Crippen LogP contribution in [0.4, 0.5) is 5.69 Å². The first kappa shape index (κ1) is 22.9. The van der Waals surface area contributed by atoms with Gasteiger partial charge in [-0.1, -0.05) is 13.0 Å². The number of nitrogens with two attached hydrogens (primary N) is 1. The summed E-state index contributed by atoms with van der Waals surface area (Å²) in [6.45, 7) is 4.54. The first-order chi connectivity index (χ1) is 16.3. The molecule has 0 saturated carbocycles. The fraction of sp³-hybridized carbons (Fsp3) is 0.440. The minimum Gasteiger partial charge on any atom is -0.359 e. The molecule has 0 aliphatic carbocycles. The fourth-order valence-electron chi connectivity index (χ4n) is 5.21. The van der Waals surface area contributed by atoms with Crippen LogP contribution in [-0.2, 0) is 27.7 Å². The number of sulfonamides is 1. The normalized spacial score (nSPS) is 18.2. The van der Waals surface area contributed by atoms with Crippen molar-refractivity contribution < 1.29 is 13.2 Å². The van der Waals surface area contributed by atoms with Gasteiger partial charge in [-0.05, 0) is 73.1 Å². The molecule has 2 aliphatic heterocycles. The number of hydrogen-bond acceptors (Lipinski definition) is 5. The fourth-order valence-corrected chi connectivity index (χ4v) is 5.77. The van der Waals surface area contributed by atoms with Crippen molar-refractivity contribution in [1.82, 2.24) is 14.9 Å². The standard InChI is InChI=1S/C25H31N5O3S/c1-17-8-11-29(12-9-17)25(31)24(14-18-4-6-21-22(13-18)28-16-27-21)30-10-2-3-19-15-20(34(26,32)33)5-7-23(19)30/h4-7,13,15-17,24H,2-3,8-12,14H2,1H3,(H,27,28)(H2,26,32,33). The zero-order valence-electron chi connectivity index (χ0n) is 19.4. The topological polar surface area (TPSA) is 112 Å². The molecule has 2 aliphatic rings. The van der Waals surface area contributed by atoms with E-state index in [-0.39, 0.29) is 16.8 Å². The minimum absolute atomic E-state index is 0.116. The first-order valence-corrected chi connectivity index (χ1v) is 13.5. The molecular weight excluding hydrogens is 450 g/mol. The van der Waals surface area contributed by atoms with E-state index >= 15 is 0 Å². The van der Waals surface area contributed by atoms with E-state index in [0.717, 1.165) is 73.2 Å². The molecule has 3 N–H and O–H groups in total. The van der Waals surface area contributed by atoms with Gasteiger partial charge < -0.3 is 14.8 Å². The Hall–Kier alpha value is -2.91. The van der Waals surface area contributed by atoms with Crippen molar-refractivity contribution in [2.75, 3.05) is 24.5 Å². The highest BCUT2D eigenvalue weighted by Gasteiger charge is 2.34. The third kappa shape index (κ3) is 4.54. The number of primary sulfonamides is 1. The molecule has 34 heavy (non-hydrogen) atoms. The molecule has 1 unspecified atom stereocenters. The number of aryl methyl sites for hydroxylation is 1. The van der Waals surface area contributed by atoms with Crippen molar-refractivity contribution >= 4 is 32.7 Å². The molecule has 180 valence electrons. The molecular formula is C25H31N5O3S. The van der Waals surface area contributed by atoms with Gasteiger partial charge in [0.1, 0.15) is 6.04 Å². The van der Waals surface area contributed by atoms with Crippen molar-refractivity contribution in [2.45, 2.75) is 50.0 Å². The van der Waals surface area contributed by atoms with Crippen LogP contribution in [0.1, 0.15) is 37.3 Å². The Morgan fingerprint density at radius 2 is 1.97 bits per heavy atom. The van der Waals surface area contributed by atoms with E-state index in [9.17, 15) is 13.2 Å². The Balaban J connectivity index is 1.51. The van der Waals surface area contributed by atoms with Crippen LogP contribution in [0.2, 0.25) is 0 Å². The highest BCUT2D eigenvalue weighted by Crippen LogP contribution is 2.33. The lowest BCUT2D eigenvalue weighted by Crippen LogP contribution is -2.53. The van der Waals surface area contributed by atoms with Gasteiger partial charge in [-0.2, -0.15) is 0 Å². The summed E-state index contributed by atoms with van der Waals surface area (Å²) in [5.41, 5.74) is 4.76. The predicted octanol–water partition coefficient (Wildman–Crippen LogP) is 2.83. The number of benzene rings is 2. The highest BCUT2D eigenvalue weighted by molar-refractivity contribution is 7.89. The quantitative estimate of drug-likeness (QED) is 0.582. The van der Waals surface area contributed by atoms with E-state index < -0.39 is 10.0 Å². The number of hydrogen-bond donors (Lipinski definition) is 2. The van der Waals surface area contributed by atoms with E-state index in [0.29, 0.717) is 12.3 Å². The summed E-state index contributed by atoms with van der Waals surface area (Å²) in [5.74, 6) is 0.776. The number of rotatable bonds is 5. The summed E-state index contributed by atoms with van der Waals surface area (Å²) >= 11 is 0. The van der Waals surface area contributed by atoms with Gasteiger partial charge in [0.15, 0.2) is 0 Å². The molecule has 1 aromatic heterocycles. The Kier molecular flexibility index (Phi) is 6.07. The van der Waals surface area contributed by atoms with Crippen molar-refractivity contribution in [3.05, 3.63) is 53.9 Å². The van der Waals surface area contributed by atoms with Crippen molar-refractivity contribution in [3.8, 4) is 0 Å². The average molecular weight is 482 g/mol. The number of piperidine rings is 1. The summed E-state index contributed by atoms with van der Waals surface area (Å²) in [5, 5.41) is 5.37. The Labute approximate surface area is 200 Å². The smallest absolute Gasteiger partial charge is 0.245 e. The Morgan fingerprint density at radius 3 is 2.74 bits per heavy atom. The van der Waals surface area contributed by atoms with Crippen LogP contribution in [0.15, 0.2) is 47.6 Å². The number of likely N-dealkylation sites (tertiary alicyclic amines) is 1. The number of H-pyrrole nitrogens is 1. The van der Waals surface area contributed by atoms with Gasteiger partial charge in [0.25, 0.3) is 0 Å². The van der Waals surface area contributed by atoms with E-state index in [4.69, 9.17) is 5.14 Å². The second-order valence-electron chi connectivity index (χ2n) is 9.61. The molecule has 3 aromatic rings. The van der Waals surface area contributed by atoms with Crippen molar-refractivity contribution in [2.24, 2.45) is 11.1 Å². The van der Waals surface area contributed by atoms with Gasteiger partial charge in [0.2, 0.25) is 15.9 Å². The molecule has 3 heterocycles. The van der Waals surface area contributed by atoms with Gasteiger partial charge in [0.05, 0.1) is 22.3 Å². The third-order valence-corrected chi connectivity index (χ3v) is 8.12. The molecule has 1 saturated heterocycles. The summed E-state index contributed by atoms with van der Waals surface area (Å²) in [4.78, 5) is 25.7. The van der Waals surface area contributed by atoms with Gasteiger partial charge in [0, 0.05) is 31.7 Å². The second kappa shape index (κ2) is 9.03. The molecule has 0 spiro atoms. The lowest BCUT2D eigenvalue weighted by atomic mass is 9.94. The van der Waals surface area contributed by atoms with Gasteiger partial charge in [-0.3, -0.25) is 4.79 Å². The zero-order chi connectivity index (χ0) is 23.9. The number of imidazole rings is 1. The van der Waals surface area contributed by atoms with Crippen LogP contribution in [0.5, 0.6) is 0 Å². The molecule has 8 nitrogen and oxygen atoms in total. The maximum absolute atomic E-state index is 13.9. The number of aromatic nitrogens is 2. The van der Waals surface area contributed by atoms with Gasteiger partial charge in [-0.25, -0.2) is 18.5 Å². The Morgan fingerprint density at radius 1 is 1.18 bits per heavy atom. The van der Waals surface area contributed by atoms with Crippen molar-refractivity contribution in [1.29, 1.82) is 0 Å². The molecule has 9 heteroatoms. The number of fused-ring (bicyclic) bond motifs is 2. The van der Waals surface area contributed by atoms with Gasteiger partial charge in [-0.15, -0.1) is 0 Å². The van der Waals surface area contributed by atoms with Crippen LogP contribution >= 0.6 is 0 Å². The monoisotopic (exact) mass is 481 g/mol. The van der Waals surface area contributed by atoms with Crippen molar-refractivity contribution in [3.63, 3.8) is 0 Å². The van der Waals surface area contributed by atoms with Crippen LogP contribution in [-0.4, -0.2) is 54.9 Å². The Bertz CT molecular complexity index is 1310. The summed E-state index contributed by atoms with van der Waals surface area (Å²) < 4.78 is 23.8. The molecule has 1 atom stereocenters. The largest absolute Gasteiger partial charge is 0.359 e. The zero-order valence-corrected chi connectivity index (χ0v) is 20.2. The number of amides is 1. The number of carbonyl (C=O) groups is 1. The maximum Gasteiger partial charge on any atom is 0.245 e. The molecule has 1 amide bonds. The first-order valence-electron chi connectivity index (χ1n) is 11.9. The summed E-state index contributed by atoms with van der Waals surface area (Å²) in [7, 11) is -3.78. The molecule has 2 aromatic carbocycles. The van der Waals surface area contributed by atoms with E-state index in [1.165, 1.54) is 0 Å². The molecule has 0 radical (unpaired) electrons. The molecule has 1 fully saturated rings. The predicted molar refractivity (Wildman–Crippen MR) is 132 cm³/mol. The number of nitrogens with zero attached hydrogens (tertiary/aromatic N) is 3. The maximum atomic E-state index is 13.9.